The molecule has 0 aromatic heterocycles. The predicted octanol–water partition coefficient (Wildman–Crippen LogP) is 0.0887. The average Bonchev–Trinajstić information content (AvgIpc) is 1.65. The quantitative estimate of drug-likeness (QED) is 0.584. The molecule has 54 valence electrons. The molecule has 0 fully saturated rings. The first-order valence-corrected chi connectivity index (χ1v) is 2.23. The molecule has 0 saturated carbocycles. The third-order valence-electron chi connectivity index (χ3n) is 0.739. The van der Waals surface area contributed by atoms with Gasteiger partial charge in [-0.2, -0.15) is 8.78 Å². The number of aliphatic hydroxyl groups excluding tert-OH is 1. The van der Waals surface area contributed by atoms with Gasteiger partial charge in [0.15, 0.2) is 0 Å². The number of carboxylic acid groups (broad SMARTS) is 1. The van der Waals surface area contributed by atoms with Crippen molar-refractivity contribution in [1.29, 1.82) is 0 Å². The van der Waals surface area contributed by atoms with E-state index in [0.717, 1.165) is 0 Å². The number of carboxylic acids is 1. The van der Waals surface area contributed by atoms with E-state index in [4.69, 9.17) is 10.2 Å². The lowest BCUT2D eigenvalue weighted by atomic mass is 10.2. The van der Waals surface area contributed by atoms with Crippen molar-refractivity contribution in [2.45, 2.75) is 12.3 Å². The van der Waals surface area contributed by atoms with E-state index in [2.05, 4.69) is 0 Å². The summed E-state index contributed by atoms with van der Waals surface area (Å²) in [6, 6.07) is 0. The van der Waals surface area contributed by atoms with E-state index in [1.807, 2.05) is 0 Å². The maximum atomic E-state index is 11.8. The molecule has 0 atom stereocenters. The number of aliphatic carboxylic acids is 1. The van der Waals surface area contributed by atoms with Crippen LogP contribution in [-0.2, 0) is 4.79 Å². The molecule has 0 aromatic carbocycles. The highest BCUT2D eigenvalue weighted by atomic mass is 19.3. The summed E-state index contributed by atoms with van der Waals surface area (Å²) in [5.41, 5.74) is 0. The fourth-order valence-electron chi connectivity index (χ4n) is 0.247. The van der Waals surface area contributed by atoms with Gasteiger partial charge in [-0.3, -0.25) is 0 Å². The molecule has 5 heteroatoms. The largest absolute Gasteiger partial charge is 0.477 e. The summed E-state index contributed by atoms with van der Waals surface area (Å²) in [6.45, 7) is -0.820. The number of alkyl halides is 2. The Balaban J connectivity index is 3.85. The van der Waals surface area contributed by atoms with Gasteiger partial charge in [-0.05, 0) is 0 Å². The minimum Gasteiger partial charge on any atom is -0.477 e. The van der Waals surface area contributed by atoms with Gasteiger partial charge in [-0.1, -0.05) is 0 Å². The fraction of sp³-hybridized carbons (Fsp3) is 0.750. The number of aliphatic hydroxyl groups is 1. The van der Waals surface area contributed by atoms with E-state index in [1.54, 1.807) is 0 Å². The van der Waals surface area contributed by atoms with Crippen LogP contribution in [-0.4, -0.2) is 28.7 Å². The highest BCUT2D eigenvalue weighted by molar-refractivity contribution is 5.75. The zero-order valence-electron chi connectivity index (χ0n) is 4.47. The van der Waals surface area contributed by atoms with Crippen LogP contribution < -0.4 is 0 Å². The Morgan fingerprint density at radius 1 is 1.56 bits per heavy atom. The molecule has 0 radical (unpaired) electrons. The summed E-state index contributed by atoms with van der Waals surface area (Å²) < 4.78 is 23.6. The van der Waals surface area contributed by atoms with Crippen LogP contribution in [0.3, 0.4) is 0 Å². The van der Waals surface area contributed by atoms with Crippen LogP contribution >= 0.6 is 0 Å². The number of carbonyl (C=O) groups is 1. The van der Waals surface area contributed by atoms with Crippen molar-refractivity contribution in [3.63, 3.8) is 0 Å². The van der Waals surface area contributed by atoms with E-state index < -0.39 is 24.9 Å². The Labute approximate surface area is 49.9 Å². The molecule has 0 aliphatic carbocycles. The van der Waals surface area contributed by atoms with Crippen LogP contribution in [0.15, 0.2) is 0 Å². The Bertz CT molecular complexity index is 112. The topological polar surface area (TPSA) is 57.5 Å². The Kier molecular flexibility index (Phi) is 2.51. The second kappa shape index (κ2) is 2.72. The molecular formula is C4H6F2O3. The van der Waals surface area contributed by atoms with Crippen LogP contribution in [0.4, 0.5) is 8.78 Å². The minimum atomic E-state index is -3.78. The number of hydrogen-bond acceptors (Lipinski definition) is 2. The smallest absolute Gasteiger partial charge is 0.374 e. The molecule has 0 rings (SSSR count). The van der Waals surface area contributed by atoms with Gasteiger partial charge in [-0.25, -0.2) is 4.79 Å². The van der Waals surface area contributed by atoms with E-state index in [1.165, 1.54) is 0 Å². The van der Waals surface area contributed by atoms with Crippen LogP contribution in [0.5, 0.6) is 0 Å². The Morgan fingerprint density at radius 2 is 2.00 bits per heavy atom. The van der Waals surface area contributed by atoms with Crippen LogP contribution in [0.25, 0.3) is 0 Å². The maximum absolute atomic E-state index is 11.8. The Hall–Kier alpha value is -0.710. The molecule has 0 aromatic rings. The molecule has 2 N–H and O–H groups in total. The zero-order chi connectivity index (χ0) is 7.49. The van der Waals surface area contributed by atoms with Gasteiger partial charge < -0.3 is 10.2 Å². The van der Waals surface area contributed by atoms with Gasteiger partial charge in [0.05, 0.1) is 0 Å². The molecule has 0 heterocycles. The van der Waals surface area contributed by atoms with Gasteiger partial charge in [0, 0.05) is 13.0 Å². The van der Waals surface area contributed by atoms with Crippen molar-refractivity contribution in [2.75, 3.05) is 6.61 Å². The van der Waals surface area contributed by atoms with Crippen molar-refractivity contribution in [1.82, 2.24) is 0 Å². The molecule has 0 saturated heterocycles. The number of rotatable bonds is 3. The van der Waals surface area contributed by atoms with E-state index >= 15 is 0 Å². The average molecular weight is 140 g/mol. The highest BCUT2D eigenvalue weighted by Crippen LogP contribution is 2.16. The van der Waals surface area contributed by atoms with Crippen molar-refractivity contribution >= 4 is 5.97 Å². The molecule has 0 amide bonds. The second-order valence-electron chi connectivity index (χ2n) is 1.48. The van der Waals surface area contributed by atoms with Gasteiger partial charge in [0.1, 0.15) is 0 Å². The molecule has 0 aliphatic rings. The lowest BCUT2D eigenvalue weighted by Crippen LogP contribution is -2.28. The van der Waals surface area contributed by atoms with Crippen molar-refractivity contribution < 1.29 is 23.8 Å². The summed E-state index contributed by atoms with van der Waals surface area (Å²) >= 11 is 0. The molecule has 0 bridgehead atoms. The molecular weight excluding hydrogens is 134 g/mol. The first-order chi connectivity index (χ1) is 4.00. The van der Waals surface area contributed by atoms with Crippen LogP contribution in [0, 0.1) is 0 Å². The van der Waals surface area contributed by atoms with Gasteiger partial charge in [0.2, 0.25) is 0 Å². The molecule has 3 nitrogen and oxygen atoms in total. The zero-order valence-corrected chi connectivity index (χ0v) is 4.47. The number of halogens is 2. The third kappa shape index (κ3) is 2.36. The van der Waals surface area contributed by atoms with Gasteiger partial charge in [-0.15, -0.1) is 0 Å². The lowest BCUT2D eigenvalue weighted by Gasteiger charge is -2.06. The monoisotopic (exact) mass is 140 g/mol. The second-order valence-corrected chi connectivity index (χ2v) is 1.48. The third-order valence-corrected chi connectivity index (χ3v) is 0.739. The summed E-state index contributed by atoms with van der Waals surface area (Å²) in [5.74, 6) is -5.98. The van der Waals surface area contributed by atoms with E-state index in [9.17, 15) is 13.6 Å². The molecule has 9 heavy (non-hydrogen) atoms. The van der Waals surface area contributed by atoms with Crippen LogP contribution in [0.1, 0.15) is 6.42 Å². The number of hydrogen-bond donors (Lipinski definition) is 2. The first kappa shape index (κ1) is 8.29. The SMILES string of the molecule is O=C(O)C(F)(F)CCO. The van der Waals surface area contributed by atoms with Gasteiger partial charge >= 0.3 is 11.9 Å². The highest BCUT2D eigenvalue weighted by Gasteiger charge is 2.37. The van der Waals surface area contributed by atoms with E-state index in [-0.39, 0.29) is 0 Å². The molecule has 0 spiro atoms. The summed E-state index contributed by atoms with van der Waals surface area (Å²) in [6.07, 6.45) is -1.03. The lowest BCUT2D eigenvalue weighted by molar-refractivity contribution is -0.166. The first-order valence-electron chi connectivity index (χ1n) is 2.23. The van der Waals surface area contributed by atoms with Crippen molar-refractivity contribution in [3.05, 3.63) is 0 Å². The summed E-state index contributed by atoms with van der Waals surface area (Å²) in [5, 5.41) is 15.6. The van der Waals surface area contributed by atoms with Crippen LogP contribution in [0.2, 0.25) is 0 Å². The standard InChI is InChI=1S/C4H6F2O3/c5-4(6,1-2-7)3(8)9/h7H,1-2H2,(H,8,9). The summed E-state index contributed by atoms with van der Waals surface area (Å²) in [4.78, 5) is 9.55. The van der Waals surface area contributed by atoms with E-state index in [0.29, 0.717) is 0 Å². The maximum Gasteiger partial charge on any atom is 0.374 e. The fourth-order valence-corrected chi connectivity index (χ4v) is 0.247. The molecule has 0 aliphatic heterocycles. The normalized spacial score (nSPS) is 11.4. The minimum absolute atomic E-state index is 0.820. The summed E-state index contributed by atoms with van der Waals surface area (Å²) in [7, 11) is 0. The molecule has 0 unspecified atom stereocenters. The van der Waals surface area contributed by atoms with Crippen molar-refractivity contribution in [2.24, 2.45) is 0 Å². The predicted molar refractivity (Wildman–Crippen MR) is 24.3 cm³/mol. The van der Waals surface area contributed by atoms with Crippen molar-refractivity contribution in [3.8, 4) is 0 Å². The Morgan fingerprint density at radius 3 is 2.11 bits per heavy atom. The van der Waals surface area contributed by atoms with Gasteiger partial charge in [0.25, 0.3) is 0 Å².